The van der Waals surface area contributed by atoms with E-state index in [1.165, 1.54) is 0 Å². The standard InChI is InChI=1S/C10H19N3O/c1-5-13(7-9(2)6-11)8-10(14)12(3)4/h9H,5,7-8H2,1-4H3. The van der Waals surface area contributed by atoms with Crippen LogP contribution in [0.3, 0.4) is 0 Å². The van der Waals surface area contributed by atoms with Gasteiger partial charge < -0.3 is 4.90 Å². The van der Waals surface area contributed by atoms with E-state index in [-0.39, 0.29) is 11.8 Å². The van der Waals surface area contributed by atoms with Crippen LogP contribution < -0.4 is 0 Å². The number of amides is 1. The van der Waals surface area contributed by atoms with Crippen LogP contribution in [-0.4, -0.2) is 49.4 Å². The van der Waals surface area contributed by atoms with Gasteiger partial charge in [-0.3, -0.25) is 9.69 Å². The zero-order valence-corrected chi connectivity index (χ0v) is 9.45. The lowest BCUT2D eigenvalue weighted by Crippen LogP contribution is -2.38. The molecule has 0 aliphatic carbocycles. The molecule has 0 heterocycles. The van der Waals surface area contributed by atoms with Crippen LogP contribution in [0.15, 0.2) is 0 Å². The molecule has 0 aromatic rings. The Morgan fingerprint density at radius 3 is 2.43 bits per heavy atom. The summed E-state index contributed by atoms with van der Waals surface area (Å²) in [5, 5.41) is 8.65. The van der Waals surface area contributed by atoms with E-state index < -0.39 is 0 Å². The summed E-state index contributed by atoms with van der Waals surface area (Å²) in [5.41, 5.74) is 0. The van der Waals surface area contributed by atoms with Crippen LogP contribution in [0, 0.1) is 17.2 Å². The first-order valence-corrected chi connectivity index (χ1v) is 4.83. The highest BCUT2D eigenvalue weighted by Gasteiger charge is 2.12. The first-order chi connectivity index (χ1) is 6.51. The summed E-state index contributed by atoms with van der Waals surface area (Å²) in [6.07, 6.45) is 0. The van der Waals surface area contributed by atoms with Crippen molar-refractivity contribution in [2.45, 2.75) is 13.8 Å². The lowest BCUT2D eigenvalue weighted by atomic mass is 10.2. The Balaban J connectivity index is 4.04. The first kappa shape index (κ1) is 12.9. The Labute approximate surface area is 86.1 Å². The fourth-order valence-electron chi connectivity index (χ4n) is 1.07. The van der Waals surface area contributed by atoms with Crippen molar-refractivity contribution in [3.8, 4) is 6.07 Å². The first-order valence-electron chi connectivity index (χ1n) is 4.83. The van der Waals surface area contributed by atoms with Gasteiger partial charge >= 0.3 is 0 Å². The number of rotatable bonds is 5. The molecule has 0 saturated carbocycles. The molecule has 0 bridgehead atoms. The zero-order chi connectivity index (χ0) is 11.1. The molecule has 0 fully saturated rings. The van der Waals surface area contributed by atoms with Crippen molar-refractivity contribution in [2.24, 2.45) is 5.92 Å². The van der Waals surface area contributed by atoms with Gasteiger partial charge in [-0.1, -0.05) is 6.92 Å². The van der Waals surface area contributed by atoms with Crippen molar-refractivity contribution in [3.05, 3.63) is 0 Å². The average Bonchev–Trinajstić information content (AvgIpc) is 2.16. The van der Waals surface area contributed by atoms with Crippen molar-refractivity contribution >= 4 is 5.91 Å². The second kappa shape index (κ2) is 6.39. The number of carbonyl (C=O) groups excluding carboxylic acids is 1. The van der Waals surface area contributed by atoms with Crippen molar-refractivity contribution in [3.63, 3.8) is 0 Å². The van der Waals surface area contributed by atoms with Crippen LogP contribution in [0.1, 0.15) is 13.8 Å². The Bertz CT molecular complexity index is 220. The van der Waals surface area contributed by atoms with Gasteiger partial charge in [-0.05, 0) is 13.5 Å². The minimum atomic E-state index is -0.0232. The summed E-state index contributed by atoms with van der Waals surface area (Å²) < 4.78 is 0. The smallest absolute Gasteiger partial charge is 0.236 e. The highest BCUT2D eigenvalue weighted by Crippen LogP contribution is 1.98. The molecular weight excluding hydrogens is 178 g/mol. The number of carbonyl (C=O) groups is 1. The molecule has 0 radical (unpaired) electrons. The fourth-order valence-corrected chi connectivity index (χ4v) is 1.07. The third kappa shape index (κ3) is 4.83. The van der Waals surface area contributed by atoms with E-state index in [0.717, 1.165) is 6.54 Å². The molecule has 0 N–H and O–H groups in total. The molecule has 14 heavy (non-hydrogen) atoms. The lowest BCUT2D eigenvalue weighted by Gasteiger charge is -2.22. The van der Waals surface area contributed by atoms with Gasteiger partial charge in [0.15, 0.2) is 0 Å². The predicted molar refractivity (Wildman–Crippen MR) is 55.6 cm³/mol. The topological polar surface area (TPSA) is 47.3 Å². The summed E-state index contributed by atoms with van der Waals surface area (Å²) in [6, 6.07) is 2.17. The summed E-state index contributed by atoms with van der Waals surface area (Å²) in [5.74, 6) is 0.0573. The molecule has 0 rings (SSSR count). The molecular formula is C10H19N3O. The monoisotopic (exact) mass is 197 g/mol. The van der Waals surface area contributed by atoms with Crippen LogP contribution in [0.25, 0.3) is 0 Å². The predicted octanol–water partition coefficient (Wildman–Crippen LogP) is 0.556. The van der Waals surface area contributed by atoms with Crippen molar-refractivity contribution < 1.29 is 4.79 Å². The fraction of sp³-hybridized carbons (Fsp3) is 0.800. The second-order valence-electron chi connectivity index (χ2n) is 3.65. The minimum absolute atomic E-state index is 0.0232. The minimum Gasteiger partial charge on any atom is -0.348 e. The number of likely N-dealkylation sites (N-methyl/N-ethyl adjacent to an activating group) is 2. The Kier molecular flexibility index (Phi) is 5.89. The van der Waals surface area contributed by atoms with Gasteiger partial charge in [-0.15, -0.1) is 0 Å². The lowest BCUT2D eigenvalue weighted by molar-refractivity contribution is -0.129. The Morgan fingerprint density at radius 2 is 2.07 bits per heavy atom. The van der Waals surface area contributed by atoms with Gasteiger partial charge in [-0.2, -0.15) is 5.26 Å². The molecule has 0 spiro atoms. The summed E-state index contributed by atoms with van der Waals surface area (Å²) in [6.45, 7) is 5.71. The third-order valence-electron chi connectivity index (χ3n) is 2.06. The van der Waals surface area contributed by atoms with Crippen LogP contribution in [0.4, 0.5) is 0 Å². The highest BCUT2D eigenvalue weighted by molar-refractivity contribution is 5.77. The maximum atomic E-state index is 11.4. The van der Waals surface area contributed by atoms with E-state index in [1.54, 1.807) is 19.0 Å². The van der Waals surface area contributed by atoms with Crippen LogP contribution >= 0.6 is 0 Å². The summed E-state index contributed by atoms with van der Waals surface area (Å²) >= 11 is 0. The molecule has 0 aromatic carbocycles. The number of hydrogen-bond acceptors (Lipinski definition) is 3. The molecule has 1 unspecified atom stereocenters. The molecule has 1 amide bonds. The Morgan fingerprint density at radius 1 is 1.50 bits per heavy atom. The quantitative estimate of drug-likeness (QED) is 0.647. The van der Waals surface area contributed by atoms with Gasteiger partial charge in [0, 0.05) is 20.6 Å². The summed E-state index contributed by atoms with van der Waals surface area (Å²) in [7, 11) is 3.48. The average molecular weight is 197 g/mol. The van der Waals surface area contributed by atoms with Crippen LogP contribution in [0.5, 0.6) is 0 Å². The van der Waals surface area contributed by atoms with E-state index >= 15 is 0 Å². The SMILES string of the molecule is CCN(CC(=O)N(C)C)CC(C)C#N. The van der Waals surface area contributed by atoms with E-state index in [1.807, 2.05) is 18.7 Å². The molecule has 1 atom stereocenters. The van der Waals surface area contributed by atoms with E-state index in [4.69, 9.17) is 5.26 Å². The molecule has 0 saturated heterocycles. The van der Waals surface area contributed by atoms with E-state index in [0.29, 0.717) is 13.1 Å². The second-order valence-corrected chi connectivity index (χ2v) is 3.65. The number of nitrogens with zero attached hydrogens (tertiary/aromatic N) is 3. The molecule has 0 aromatic heterocycles. The molecule has 0 aliphatic heterocycles. The van der Waals surface area contributed by atoms with E-state index in [2.05, 4.69) is 6.07 Å². The number of hydrogen-bond donors (Lipinski definition) is 0. The van der Waals surface area contributed by atoms with Crippen molar-refractivity contribution in [1.82, 2.24) is 9.80 Å². The van der Waals surface area contributed by atoms with Gasteiger partial charge in [0.05, 0.1) is 18.5 Å². The molecule has 4 nitrogen and oxygen atoms in total. The number of nitriles is 1. The summed E-state index contributed by atoms with van der Waals surface area (Å²) in [4.78, 5) is 14.9. The highest BCUT2D eigenvalue weighted by atomic mass is 16.2. The maximum absolute atomic E-state index is 11.4. The van der Waals surface area contributed by atoms with E-state index in [9.17, 15) is 4.79 Å². The van der Waals surface area contributed by atoms with Crippen LogP contribution in [0.2, 0.25) is 0 Å². The van der Waals surface area contributed by atoms with Gasteiger partial charge in [0.25, 0.3) is 0 Å². The van der Waals surface area contributed by atoms with Crippen LogP contribution in [-0.2, 0) is 4.79 Å². The Hall–Kier alpha value is -1.08. The normalized spacial score (nSPS) is 12.3. The van der Waals surface area contributed by atoms with Gasteiger partial charge in [-0.25, -0.2) is 0 Å². The van der Waals surface area contributed by atoms with Gasteiger partial charge in [0.2, 0.25) is 5.91 Å². The molecule has 0 aliphatic rings. The molecule has 80 valence electrons. The molecule has 4 heteroatoms. The largest absolute Gasteiger partial charge is 0.348 e. The maximum Gasteiger partial charge on any atom is 0.236 e. The van der Waals surface area contributed by atoms with Crippen molar-refractivity contribution in [1.29, 1.82) is 5.26 Å². The van der Waals surface area contributed by atoms with Gasteiger partial charge in [0.1, 0.15) is 0 Å². The zero-order valence-electron chi connectivity index (χ0n) is 9.45. The third-order valence-corrected chi connectivity index (χ3v) is 2.06. The van der Waals surface area contributed by atoms with Crippen molar-refractivity contribution in [2.75, 3.05) is 33.7 Å².